The number of phenolic OH excluding ortho intramolecular Hbond substituents is 2. The van der Waals surface area contributed by atoms with E-state index in [0.717, 1.165) is 52.0 Å². The minimum absolute atomic E-state index is 0.181. The third-order valence-corrected chi connectivity index (χ3v) is 9.44. The van der Waals surface area contributed by atoms with Gasteiger partial charge in [0, 0.05) is 6.42 Å². The van der Waals surface area contributed by atoms with Gasteiger partial charge < -0.3 is 19.7 Å². The number of ether oxygens (including phenoxy) is 1. The zero-order valence-corrected chi connectivity index (χ0v) is 28.5. The molecule has 242 valence electrons. The van der Waals surface area contributed by atoms with Crippen LogP contribution in [0.1, 0.15) is 76.8 Å². The van der Waals surface area contributed by atoms with Gasteiger partial charge in [-0.1, -0.05) is 55.5 Å². The minimum atomic E-state index is 0.181. The SMILES string of the molecule is CCc1cc(-c2cccc(OCCCC(C)=O)c2)cc(Cc2cc(-c3cccc(O)c3)cc(Cc3cc(O)cc(C)c3C)c2C)c1C. The van der Waals surface area contributed by atoms with Gasteiger partial charge in [0.1, 0.15) is 23.0 Å². The molecule has 0 saturated heterocycles. The number of hydrogen-bond donors (Lipinski definition) is 2. The summed E-state index contributed by atoms with van der Waals surface area (Å²) in [6, 6.07) is 28.5. The van der Waals surface area contributed by atoms with Gasteiger partial charge in [-0.25, -0.2) is 0 Å². The van der Waals surface area contributed by atoms with E-state index in [4.69, 9.17) is 4.74 Å². The molecule has 0 heterocycles. The molecule has 0 fully saturated rings. The van der Waals surface area contributed by atoms with Crippen molar-refractivity contribution in [1.82, 2.24) is 0 Å². The topological polar surface area (TPSA) is 66.8 Å². The number of ketones is 1. The first-order chi connectivity index (χ1) is 22.5. The predicted molar refractivity (Wildman–Crippen MR) is 193 cm³/mol. The average Bonchev–Trinajstić information content (AvgIpc) is 3.04. The van der Waals surface area contributed by atoms with Crippen molar-refractivity contribution >= 4 is 5.78 Å². The molecular formula is C43H46O4. The summed E-state index contributed by atoms with van der Waals surface area (Å²) in [7, 11) is 0. The molecule has 0 aromatic heterocycles. The van der Waals surface area contributed by atoms with Gasteiger partial charge in [0.05, 0.1) is 6.61 Å². The Labute approximate surface area is 279 Å². The predicted octanol–water partition coefficient (Wildman–Crippen LogP) is 10.2. The molecule has 5 aromatic carbocycles. The van der Waals surface area contributed by atoms with E-state index in [9.17, 15) is 15.0 Å². The van der Waals surface area contributed by atoms with Gasteiger partial charge in [-0.2, -0.15) is 0 Å². The molecule has 5 rings (SSSR count). The number of rotatable bonds is 12. The van der Waals surface area contributed by atoms with E-state index >= 15 is 0 Å². The van der Waals surface area contributed by atoms with E-state index in [-0.39, 0.29) is 17.3 Å². The van der Waals surface area contributed by atoms with Crippen LogP contribution in [0.3, 0.4) is 0 Å². The summed E-state index contributed by atoms with van der Waals surface area (Å²) in [6.45, 7) is 12.9. The number of carbonyl (C=O) groups is 1. The molecule has 0 atom stereocenters. The smallest absolute Gasteiger partial charge is 0.129 e. The highest BCUT2D eigenvalue weighted by molar-refractivity contribution is 5.75. The first-order valence-electron chi connectivity index (χ1n) is 16.6. The molecule has 5 aromatic rings. The number of hydrogen-bond acceptors (Lipinski definition) is 4. The van der Waals surface area contributed by atoms with E-state index in [1.165, 1.54) is 38.9 Å². The Morgan fingerprint density at radius 1 is 0.617 bits per heavy atom. The Balaban J connectivity index is 1.56. The van der Waals surface area contributed by atoms with Crippen LogP contribution in [0.25, 0.3) is 22.3 Å². The highest BCUT2D eigenvalue weighted by atomic mass is 16.5. The van der Waals surface area contributed by atoms with Crippen LogP contribution in [-0.4, -0.2) is 22.6 Å². The molecule has 0 aliphatic carbocycles. The van der Waals surface area contributed by atoms with Crippen molar-refractivity contribution in [3.05, 3.63) is 135 Å². The summed E-state index contributed by atoms with van der Waals surface area (Å²) in [4.78, 5) is 11.3. The molecule has 0 bridgehead atoms. The number of carbonyl (C=O) groups excluding carboxylic acids is 1. The average molecular weight is 627 g/mol. The Kier molecular flexibility index (Phi) is 10.5. The van der Waals surface area contributed by atoms with Crippen molar-refractivity contribution in [2.24, 2.45) is 0 Å². The standard InChI is InChI=1S/C43H46O4/c1-7-32-18-39(34-13-9-15-43(26-34)47-16-10-11-28(3)44)21-35(30(32)5)19-36-22-40(33-12-8-14-41(45)24-33)23-37(31(36)6)20-38-25-42(46)17-27(2)29(38)4/h8-9,12-15,17-18,21-26,45-46H,7,10-11,16,19-20H2,1-6H3. The molecule has 0 spiro atoms. The van der Waals surface area contributed by atoms with Gasteiger partial charge in [0.2, 0.25) is 0 Å². The second-order valence-corrected chi connectivity index (χ2v) is 12.8. The van der Waals surface area contributed by atoms with E-state index in [0.29, 0.717) is 25.9 Å². The summed E-state index contributed by atoms with van der Waals surface area (Å²) in [5.41, 5.74) is 15.2. The maximum atomic E-state index is 11.3. The van der Waals surface area contributed by atoms with Gasteiger partial charge in [-0.15, -0.1) is 0 Å². The zero-order chi connectivity index (χ0) is 33.7. The first-order valence-corrected chi connectivity index (χ1v) is 16.6. The lowest BCUT2D eigenvalue weighted by molar-refractivity contribution is -0.117. The highest BCUT2D eigenvalue weighted by Crippen LogP contribution is 2.34. The molecule has 0 aliphatic rings. The van der Waals surface area contributed by atoms with Gasteiger partial charge in [0.25, 0.3) is 0 Å². The lowest BCUT2D eigenvalue weighted by atomic mass is 9.85. The third-order valence-electron chi connectivity index (χ3n) is 9.44. The van der Waals surface area contributed by atoms with Crippen LogP contribution in [0.5, 0.6) is 17.2 Å². The summed E-state index contributed by atoms with van der Waals surface area (Å²) in [6.07, 6.45) is 3.63. The van der Waals surface area contributed by atoms with Crippen molar-refractivity contribution in [3.63, 3.8) is 0 Å². The quantitative estimate of drug-likeness (QED) is 0.135. The number of Topliss-reactive ketones (excluding diaryl/α,β-unsaturated/α-hetero) is 1. The van der Waals surface area contributed by atoms with Gasteiger partial charge in [-0.3, -0.25) is 0 Å². The zero-order valence-electron chi connectivity index (χ0n) is 28.5. The van der Waals surface area contributed by atoms with Crippen LogP contribution in [0.4, 0.5) is 0 Å². The normalized spacial score (nSPS) is 11.1. The minimum Gasteiger partial charge on any atom is -0.508 e. The Bertz CT molecular complexity index is 1920. The summed E-state index contributed by atoms with van der Waals surface area (Å²) in [5, 5.41) is 20.7. The van der Waals surface area contributed by atoms with Crippen LogP contribution >= 0.6 is 0 Å². The lowest BCUT2D eigenvalue weighted by Crippen LogP contribution is -2.04. The molecule has 0 unspecified atom stereocenters. The fourth-order valence-corrected chi connectivity index (χ4v) is 6.40. The largest absolute Gasteiger partial charge is 0.508 e. The van der Waals surface area contributed by atoms with Gasteiger partial charge in [-0.05, 0) is 169 Å². The van der Waals surface area contributed by atoms with Crippen LogP contribution < -0.4 is 4.74 Å². The van der Waals surface area contributed by atoms with Crippen molar-refractivity contribution in [1.29, 1.82) is 0 Å². The second kappa shape index (κ2) is 14.7. The van der Waals surface area contributed by atoms with E-state index < -0.39 is 0 Å². The lowest BCUT2D eigenvalue weighted by Gasteiger charge is -2.19. The van der Waals surface area contributed by atoms with Crippen molar-refractivity contribution in [2.45, 2.75) is 73.6 Å². The fourth-order valence-electron chi connectivity index (χ4n) is 6.40. The maximum Gasteiger partial charge on any atom is 0.129 e. The molecule has 2 N–H and O–H groups in total. The maximum absolute atomic E-state index is 11.3. The highest BCUT2D eigenvalue weighted by Gasteiger charge is 2.16. The van der Waals surface area contributed by atoms with E-state index in [1.54, 1.807) is 13.0 Å². The van der Waals surface area contributed by atoms with E-state index in [1.807, 2.05) is 49.4 Å². The third kappa shape index (κ3) is 8.13. The summed E-state index contributed by atoms with van der Waals surface area (Å²) >= 11 is 0. The molecule has 0 aliphatic heterocycles. The Hall–Kier alpha value is -4.83. The molecular weight excluding hydrogens is 580 g/mol. The monoisotopic (exact) mass is 626 g/mol. The first kappa shape index (κ1) is 33.5. The second-order valence-electron chi connectivity index (χ2n) is 12.8. The summed E-state index contributed by atoms with van der Waals surface area (Å²) < 4.78 is 6.00. The van der Waals surface area contributed by atoms with E-state index in [2.05, 4.69) is 64.1 Å². The Morgan fingerprint density at radius 2 is 1.17 bits per heavy atom. The molecule has 0 radical (unpaired) electrons. The van der Waals surface area contributed by atoms with Crippen molar-refractivity contribution < 1.29 is 19.7 Å². The van der Waals surface area contributed by atoms with Gasteiger partial charge >= 0.3 is 0 Å². The number of phenols is 2. The van der Waals surface area contributed by atoms with Gasteiger partial charge in [0.15, 0.2) is 0 Å². The number of aryl methyl sites for hydroxylation is 2. The van der Waals surface area contributed by atoms with Crippen LogP contribution in [0, 0.1) is 27.7 Å². The van der Waals surface area contributed by atoms with Crippen LogP contribution in [-0.2, 0) is 24.1 Å². The number of aromatic hydroxyl groups is 2. The molecule has 4 nitrogen and oxygen atoms in total. The van der Waals surface area contributed by atoms with Crippen LogP contribution in [0.2, 0.25) is 0 Å². The fraction of sp³-hybridized carbons (Fsp3) is 0.279. The molecule has 0 amide bonds. The molecule has 47 heavy (non-hydrogen) atoms. The Morgan fingerprint density at radius 3 is 1.77 bits per heavy atom. The molecule has 4 heteroatoms. The molecule has 0 saturated carbocycles. The van der Waals surface area contributed by atoms with Crippen molar-refractivity contribution in [2.75, 3.05) is 6.61 Å². The number of benzene rings is 5. The van der Waals surface area contributed by atoms with Crippen molar-refractivity contribution in [3.8, 4) is 39.5 Å². The summed E-state index contributed by atoms with van der Waals surface area (Å²) in [5.74, 6) is 1.52. The van der Waals surface area contributed by atoms with Crippen LogP contribution in [0.15, 0.2) is 84.9 Å².